The highest BCUT2D eigenvalue weighted by Crippen LogP contribution is 2.18. The number of carbonyl (C=O) groups excluding carboxylic acids is 1. The molecule has 1 N–H and O–H groups in total. The van der Waals surface area contributed by atoms with Crippen LogP contribution in [0.1, 0.15) is 5.56 Å². The summed E-state index contributed by atoms with van der Waals surface area (Å²) in [4.78, 5) is 11.8. The monoisotopic (exact) mass is 397 g/mol. The number of anilines is 1. The van der Waals surface area contributed by atoms with Crippen molar-refractivity contribution in [2.75, 3.05) is 19.0 Å². The Hall–Kier alpha value is -1.76. The molecule has 0 spiro atoms. The van der Waals surface area contributed by atoms with Crippen LogP contribution in [0.2, 0.25) is 0 Å². The van der Waals surface area contributed by atoms with Gasteiger partial charge in [-0.25, -0.2) is 0 Å². The van der Waals surface area contributed by atoms with Gasteiger partial charge in [-0.15, -0.1) is 0 Å². The van der Waals surface area contributed by atoms with Crippen molar-refractivity contribution in [2.45, 2.75) is 6.92 Å². The maximum atomic E-state index is 11.8. The lowest BCUT2D eigenvalue weighted by molar-refractivity contribution is -0.118. The smallest absolute Gasteiger partial charge is 0.262 e. The van der Waals surface area contributed by atoms with Crippen molar-refractivity contribution in [1.82, 2.24) is 0 Å². The minimum absolute atomic E-state index is 0.0310. The molecular weight excluding hydrogens is 381 g/mol. The second-order valence-corrected chi connectivity index (χ2v) is 5.64. The van der Waals surface area contributed by atoms with Crippen LogP contribution >= 0.6 is 22.6 Å². The highest BCUT2D eigenvalue weighted by molar-refractivity contribution is 14.1. The van der Waals surface area contributed by atoms with Crippen LogP contribution in [0.4, 0.5) is 5.69 Å². The van der Waals surface area contributed by atoms with E-state index in [1.807, 2.05) is 25.1 Å². The van der Waals surface area contributed by atoms with Crippen LogP contribution in [0.25, 0.3) is 0 Å². The number of nitrogens with one attached hydrogen (secondary N) is 1. The molecule has 0 aliphatic rings. The first-order valence-corrected chi connectivity index (χ1v) is 7.49. The third-order valence-corrected chi connectivity index (χ3v) is 4.05. The Balaban J connectivity index is 1.87. The van der Waals surface area contributed by atoms with Crippen LogP contribution in [0.5, 0.6) is 11.5 Å². The Kier molecular flexibility index (Phi) is 5.44. The standard InChI is InChI=1S/C16H16INO3/c1-11-3-4-12(9-15(11)17)18-16(19)10-21-14-7-5-13(20-2)6-8-14/h3-9H,10H2,1-2H3,(H,18,19). The predicted octanol–water partition coefficient (Wildman–Crippen LogP) is 3.63. The van der Waals surface area contributed by atoms with Gasteiger partial charge in [-0.2, -0.15) is 0 Å². The Morgan fingerprint density at radius 1 is 1.14 bits per heavy atom. The molecule has 0 fully saturated rings. The number of aryl methyl sites for hydroxylation is 1. The van der Waals surface area contributed by atoms with Crippen LogP contribution in [0, 0.1) is 10.5 Å². The molecule has 0 aliphatic heterocycles. The number of methoxy groups -OCH3 is 1. The van der Waals surface area contributed by atoms with Crippen LogP contribution in [-0.4, -0.2) is 19.6 Å². The molecule has 21 heavy (non-hydrogen) atoms. The van der Waals surface area contributed by atoms with Gasteiger partial charge in [-0.1, -0.05) is 6.07 Å². The number of rotatable bonds is 5. The van der Waals surface area contributed by atoms with Gasteiger partial charge in [0.15, 0.2) is 6.61 Å². The van der Waals surface area contributed by atoms with Gasteiger partial charge in [-0.05, 0) is 71.5 Å². The number of hydrogen-bond donors (Lipinski definition) is 1. The molecule has 0 saturated carbocycles. The third kappa shape index (κ3) is 4.63. The molecule has 5 heteroatoms. The molecular formula is C16H16INO3. The fourth-order valence-corrected chi connectivity index (χ4v) is 2.20. The zero-order chi connectivity index (χ0) is 15.2. The minimum Gasteiger partial charge on any atom is -0.497 e. The fraction of sp³-hybridized carbons (Fsp3) is 0.188. The van der Waals surface area contributed by atoms with Gasteiger partial charge >= 0.3 is 0 Å². The lowest BCUT2D eigenvalue weighted by Crippen LogP contribution is -2.20. The van der Waals surface area contributed by atoms with Crippen molar-refractivity contribution in [3.05, 3.63) is 51.6 Å². The zero-order valence-corrected chi connectivity index (χ0v) is 14.0. The van der Waals surface area contributed by atoms with Gasteiger partial charge in [0.2, 0.25) is 0 Å². The van der Waals surface area contributed by atoms with Crippen molar-refractivity contribution in [3.63, 3.8) is 0 Å². The summed E-state index contributed by atoms with van der Waals surface area (Å²) in [6.45, 7) is 2.00. The largest absolute Gasteiger partial charge is 0.497 e. The summed E-state index contributed by atoms with van der Waals surface area (Å²) < 4.78 is 11.6. The molecule has 0 unspecified atom stereocenters. The number of benzene rings is 2. The molecule has 2 aromatic rings. The summed E-state index contributed by atoms with van der Waals surface area (Å²) >= 11 is 2.24. The molecule has 0 saturated heterocycles. The van der Waals surface area contributed by atoms with Crippen molar-refractivity contribution in [1.29, 1.82) is 0 Å². The Labute approximate surface area is 137 Å². The van der Waals surface area contributed by atoms with Crippen molar-refractivity contribution in [3.8, 4) is 11.5 Å². The number of halogens is 1. The van der Waals surface area contributed by atoms with E-state index in [1.165, 1.54) is 5.56 Å². The molecule has 0 radical (unpaired) electrons. The molecule has 110 valence electrons. The number of ether oxygens (including phenoxy) is 2. The van der Waals surface area contributed by atoms with Crippen molar-refractivity contribution in [2.24, 2.45) is 0 Å². The van der Waals surface area contributed by atoms with Crippen LogP contribution in [0.3, 0.4) is 0 Å². The number of hydrogen-bond acceptors (Lipinski definition) is 3. The molecule has 0 bridgehead atoms. The second kappa shape index (κ2) is 7.31. The van der Waals surface area contributed by atoms with Gasteiger partial charge in [-0.3, -0.25) is 4.79 Å². The average Bonchev–Trinajstić information content (AvgIpc) is 2.49. The normalized spacial score (nSPS) is 10.0. The summed E-state index contributed by atoms with van der Waals surface area (Å²) in [6.07, 6.45) is 0. The van der Waals surface area contributed by atoms with E-state index in [4.69, 9.17) is 9.47 Å². The summed E-state index contributed by atoms with van der Waals surface area (Å²) in [5.74, 6) is 1.19. The Bertz CT molecular complexity index is 626. The van der Waals surface area contributed by atoms with Gasteiger partial charge in [0, 0.05) is 9.26 Å². The first kappa shape index (κ1) is 15.6. The highest BCUT2D eigenvalue weighted by Gasteiger charge is 2.05. The topological polar surface area (TPSA) is 47.6 Å². The molecule has 4 nitrogen and oxygen atoms in total. The van der Waals surface area contributed by atoms with Crippen LogP contribution < -0.4 is 14.8 Å². The first-order chi connectivity index (χ1) is 10.1. The number of carbonyl (C=O) groups is 1. The third-order valence-electron chi connectivity index (χ3n) is 2.88. The maximum absolute atomic E-state index is 11.8. The predicted molar refractivity (Wildman–Crippen MR) is 91.0 cm³/mol. The van der Waals surface area contributed by atoms with Crippen LogP contribution in [0.15, 0.2) is 42.5 Å². The van der Waals surface area contributed by atoms with E-state index in [2.05, 4.69) is 27.9 Å². The molecule has 1 amide bonds. The van der Waals surface area contributed by atoms with E-state index in [-0.39, 0.29) is 12.5 Å². The van der Waals surface area contributed by atoms with Crippen LogP contribution in [-0.2, 0) is 4.79 Å². The fourth-order valence-electron chi connectivity index (χ4n) is 1.69. The molecule has 2 aromatic carbocycles. The van der Waals surface area contributed by atoms with E-state index < -0.39 is 0 Å². The molecule has 0 aliphatic carbocycles. The zero-order valence-electron chi connectivity index (χ0n) is 11.9. The Morgan fingerprint density at radius 2 is 1.81 bits per heavy atom. The van der Waals surface area contributed by atoms with Crippen molar-refractivity contribution < 1.29 is 14.3 Å². The lowest BCUT2D eigenvalue weighted by Gasteiger charge is -2.09. The maximum Gasteiger partial charge on any atom is 0.262 e. The van der Waals surface area contributed by atoms with E-state index in [9.17, 15) is 4.79 Å². The minimum atomic E-state index is -0.189. The molecule has 0 atom stereocenters. The first-order valence-electron chi connectivity index (χ1n) is 6.41. The SMILES string of the molecule is COc1ccc(OCC(=O)Nc2ccc(C)c(I)c2)cc1. The molecule has 0 heterocycles. The van der Waals surface area contributed by atoms with E-state index >= 15 is 0 Å². The summed E-state index contributed by atoms with van der Waals surface area (Å²) in [6, 6.07) is 12.9. The summed E-state index contributed by atoms with van der Waals surface area (Å²) in [5, 5.41) is 2.81. The summed E-state index contributed by atoms with van der Waals surface area (Å²) in [7, 11) is 1.60. The van der Waals surface area contributed by atoms with E-state index in [1.54, 1.807) is 31.4 Å². The van der Waals surface area contributed by atoms with Gasteiger partial charge in [0.1, 0.15) is 11.5 Å². The van der Waals surface area contributed by atoms with Gasteiger partial charge < -0.3 is 14.8 Å². The van der Waals surface area contributed by atoms with Crippen molar-refractivity contribution >= 4 is 34.2 Å². The molecule has 0 aromatic heterocycles. The quantitative estimate of drug-likeness (QED) is 0.785. The van der Waals surface area contributed by atoms with Gasteiger partial charge in [0.25, 0.3) is 5.91 Å². The molecule has 2 rings (SSSR count). The summed E-state index contributed by atoms with van der Waals surface area (Å²) in [5.41, 5.74) is 1.96. The highest BCUT2D eigenvalue weighted by atomic mass is 127. The van der Waals surface area contributed by atoms with Gasteiger partial charge in [0.05, 0.1) is 7.11 Å². The Morgan fingerprint density at radius 3 is 2.43 bits per heavy atom. The van der Waals surface area contributed by atoms with E-state index in [0.29, 0.717) is 5.75 Å². The lowest BCUT2D eigenvalue weighted by atomic mass is 10.2. The second-order valence-electron chi connectivity index (χ2n) is 4.48. The average molecular weight is 397 g/mol. The van der Waals surface area contributed by atoms with E-state index in [0.717, 1.165) is 15.0 Å². The number of amides is 1.